The van der Waals surface area contributed by atoms with Crippen LogP contribution in [-0.4, -0.2) is 33.8 Å². The van der Waals surface area contributed by atoms with Gasteiger partial charge in [0, 0.05) is 12.2 Å². The van der Waals surface area contributed by atoms with Crippen LogP contribution in [0, 0.1) is 5.82 Å². The number of aromatic nitrogens is 3. The molecule has 0 unspecified atom stereocenters. The number of hydrogen-bond acceptors (Lipinski definition) is 4. The topological polar surface area (TPSA) is 63.1 Å². The molecule has 1 aromatic heterocycles. The van der Waals surface area contributed by atoms with Crippen molar-refractivity contribution in [1.29, 1.82) is 0 Å². The second kappa shape index (κ2) is 8.29. The van der Waals surface area contributed by atoms with Gasteiger partial charge in [0.2, 0.25) is 5.91 Å². The van der Waals surface area contributed by atoms with Crippen LogP contribution in [0.4, 0.5) is 28.9 Å². The van der Waals surface area contributed by atoms with Crippen molar-refractivity contribution < 1.29 is 22.4 Å². The maximum absolute atomic E-state index is 13.1. The average molecular weight is 407 g/mol. The number of anilines is 2. The van der Waals surface area contributed by atoms with Gasteiger partial charge in [-0.15, -0.1) is 0 Å². The van der Waals surface area contributed by atoms with Crippen LogP contribution in [-0.2, 0) is 11.0 Å². The summed E-state index contributed by atoms with van der Waals surface area (Å²) in [5.74, 6) is -0.937. The van der Waals surface area contributed by atoms with Gasteiger partial charge < -0.3 is 10.2 Å². The molecule has 152 valence electrons. The summed E-state index contributed by atoms with van der Waals surface area (Å²) >= 11 is 0. The summed E-state index contributed by atoms with van der Waals surface area (Å²) in [5, 5.41) is 6.42. The molecule has 0 aliphatic carbocycles. The summed E-state index contributed by atoms with van der Waals surface area (Å²) in [6.07, 6.45) is -2.02. The zero-order valence-electron chi connectivity index (χ0n) is 15.3. The Morgan fingerprint density at radius 3 is 2.48 bits per heavy atom. The van der Waals surface area contributed by atoms with E-state index in [1.807, 2.05) is 6.92 Å². The van der Waals surface area contributed by atoms with E-state index < -0.39 is 23.5 Å². The van der Waals surface area contributed by atoms with Crippen LogP contribution in [0.15, 0.2) is 55.1 Å². The van der Waals surface area contributed by atoms with Gasteiger partial charge in [-0.3, -0.25) is 4.79 Å². The summed E-state index contributed by atoms with van der Waals surface area (Å²) in [4.78, 5) is 18.0. The molecule has 0 fully saturated rings. The van der Waals surface area contributed by atoms with Gasteiger partial charge >= 0.3 is 6.18 Å². The SMILES string of the molecule is CCN(CC(=O)Nc1cc(C(F)(F)F)ccc1-n1cncn1)c1ccc(F)cc1. The number of nitrogens with zero attached hydrogens (tertiary/aromatic N) is 4. The van der Waals surface area contributed by atoms with Crippen molar-refractivity contribution in [3.8, 4) is 5.69 Å². The van der Waals surface area contributed by atoms with Crippen molar-refractivity contribution in [2.75, 3.05) is 23.3 Å². The van der Waals surface area contributed by atoms with Gasteiger partial charge in [-0.2, -0.15) is 18.3 Å². The van der Waals surface area contributed by atoms with Crippen LogP contribution in [0.2, 0.25) is 0 Å². The Bertz CT molecular complexity index is 971. The fraction of sp³-hybridized carbons (Fsp3) is 0.211. The van der Waals surface area contributed by atoms with Crippen molar-refractivity contribution in [3.63, 3.8) is 0 Å². The van der Waals surface area contributed by atoms with E-state index in [4.69, 9.17) is 0 Å². The Balaban J connectivity index is 1.85. The molecule has 1 N–H and O–H groups in total. The van der Waals surface area contributed by atoms with E-state index in [2.05, 4.69) is 15.4 Å². The summed E-state index contributed by atoms with van der Waals surface area (Å²) in [6.45, 7) is 2.12. The molecule has 0 bridgehead atoms. The van der Waals surface area contributed by atoms with Gasteiger partial charge in [0.05, 0.1) is 23.5 Å². The predicted octanol–water partition coefficient (Wildman–Crippen LogP) is 3.89. The van der Waals surface area contributed by atoms with Gasteiger partial charge in [-0.1, -0.05) is 0 Å². The lowest BCUT2D eigenvalue weighted by atomic mass is 10.1. The highest BCUT2D eigenvalue weighted by Crippen LogP contribution is 2.33. The number of rotatable bonds is 6. The number of hydrogen-bond donors (Lipinski definition) is 1. The second-order valence-corrected chi connectivity index (χ2v) is 6.11. The van der Waals surface area contributed by atoms with E-state index in [0.29, 0.717) is 12.2 Å². The fourth-order valence-electron chi connectivity index (χ4n) is 2.75. The Kier molecular flexibility index (Phi) is 5.81. The van der Waals surface area contributed by atoms with Gasteiger partial charge in [0.25, 0.3) is 0 Å². The molecule has 29 heavy (non-hydrogen) atoms. The predicted molar refractivity (Wildman–Crippen MR) is 99.3 cm³/mol. The Morgan fingerprint density at radius 1 is 1.17 bits per heavy atom. The molecule has 3 rings (SSSR count). The highest BCUT2D eigenvalue weighted by Gasteiger charge is 2.31. The Hall–Kier alpha value is -3.43. The van der Waals surface area contributed by atoms with Crippen molar-refractivity contribution >= 4 is 17.3 Å². The largest absolute Gasteiger partial charge is 0.416 e. The van der Waals surface area contributed by atoms with Crippen LogP contribution in [0.1, 0.15) is 12.5 Å². The Morgan fingerprint density at radius 2 is 1.90 bits per heavy atom. The molecular weight excluding hydrogens is 390 g/mol. The zero-order valence-corrected chi connectivity index (χ0v) is 15.3. The minimum Gasteiger partial charge on any atom is -0.362 e. The molecule has 1 heterocycles. The van der Waals surface area contributed by atoms with Gasteiger partial charge in [-0.25, -0.2) is 14.1 Å². The lowest BCUT2D eigenvalue weighted by Gasteiger charge is -2.23. The summed E-state index contributed by atoms with van der Waals surface area (Å²) in [6, 6.07) is 8.56. The van der Waals surface area contributed by atoms with Crippen molar-refractivity contribution in [2.24, 2.45) is 0 Å². The molecule has 2 aromatic carbocycles. The highest BCUT2D eigenvalue weighted by molar-refractivity contribution is 5.96. The van der Waals surface area contributed by atoms with E-state index in [1.54, 1.807) is 4.90 Å². The van der Waals surface area contributed by atoms with Crippen molar-refractivity contribution in [2.45, 2.75) is 13.1 Å². The number of alkyl halides is 3. The molecule has 1 amide bonds. The van der Waals surface area contributed by atoms with Crippen LogP contribution >= 0.6 is 0 Å². The van der Waals surface area contributed by atoms with Crippen LogP contribution in [0.5, 0.6) is 0 Å². The number of carbonyl (C=O) groups is 1. The van der Waals surface area contributed by atoms with E-state index in [9.17, 15) is 22.4 Å². The van der Waals surface area contributed by atoms with E-state index in [1.165, 1.54) is 47.7 Å². The van der Waals surface area contributed by atoms with Crippen LogP contribution in [0.25, 0.3) is 5.69 Å². The molecule has 6 nitrogen and oxygen atoms in total. The quantitative estimate of drug-likeness (QED) is 0.630. The normalized spacial score (nSPS) is 11.3. The number of nitrogens with one attached hydrogen (secondary N) is 1. The number of amides is 1. The molecule has 0 radical (unpaired) electrons. The van der Waals surface area contributed by atoms with Crippen LogP contribution in [0.3, 0.4) is 0 Å². The molecule has 3 aromatic rings. The molecule has 10 heteroatoms. The summed E-state index contributed by atoms with van der Waals surface area (Å²) in [7, 11) is 0. The molecule has 0 spiro atoms. The molecule has 0 aliphatic heterocycles. The monoisotopic (exact) mass is 407 g/mol. The fourth-order valence-corrected chi connectivity index (χ4v) is 2.75. The lowest BCUT2D eigenvalue weighted by Crippen LogP contribution is -2.33. The maximum Gasteiger partial charge on any atom is 0.416 e. The maximum atomic E-state index is 13.1. The first-order chi connectivity index (χ1) is 13.8. The average Bonchev–Trinajstić information content (AvgIpc) is 3.20. The third-order valence-corrected chi connectivity index (χ3v) is 4.17. The first-order valence-corrected chi connectivity index (χ1v) is 8.64. The van der Waals surface area contributed by atoms with Gasteiger partial charge in [-0.05, 0) is 49.4 Å². The van der Waals surface area contributed by atoms with Gasteiger partial charge in [0.1, 0.15) is 18.5 Å². The van der Waals surface area contributed by atoms with Gasteiger partial charge in [0.15, 0.2) is 0 Å². The molecule has 0 saturated carbocycles. The minimum absolute atomic E-state index is 0.0505. The molecule has 0 saturated heterocycles. The van der Waals surface area contributed by atoms with E-state index in [0.717, 1.165) is 12.1 Å². The summed E-state index contributed by atoms with van der Waals surface area (Å²) in [5.41, 5.74) is -0.0914. The van der Waals surface area contributed by atoms with Crippen LogP contribution < -0.4 is 10.2 Å². The lowest BCUT2D eigenvalue weighted by molar-refractivity contribution is -0.137. The van der Waals surface area contributed by atoms with Crippen molar-refractivity contribution in [1.82, 2.24) is 14.8 Å². The highest BCUT2D eigenvalue weighted by atomic mass is 19.4. The molecule has 0 aliphatic rings. The minimum atomic E-state index is -4.57. The number of halogens is 4. The number of likely N-dealkylation sites (N-methyl/N-ethyl adjacent to an activating group) is 1. The summed E-state index contributed by atoms with van der Waals surface area (Å²) < 4.78 is 53.7. The van der Waals surface area contributed by atoms with Crippen molar-refractivity contribution in [3.05, 3.63) is 66.5 Å². The number of carbonyl (C=O) groups excluding carboxylic acids is 1. The third-order valence-electron chi connectivity index (χ3n) is 4.17. The zero-order chi connectivity index (χ0) is 21.0. The van der Waals surface area contributed by atoms with E-state index in [-0.39, 0.29) is 17.9 Å². The molecular formula is C19H17F4N5O. The second-order valence-electron chi connectivity index (χ2n) is 6.11. The first kappa shape index (κ1) is 20.3. The standard InChI is InChI=1S/C19H17F4N5O/c1-2-27(15-6-4-14(20)5-7-15)10-18(29)26-16-9-13(19(21,22)23)3-8-17(16)28-12-24-11-25-28/h3-9,11-12H,2,10H2,1H3,(H,26,29). The molecule has 0 atom stereocenters. The Labute approximate surface area is 163 Å². The first-order valence-electron chi connectivity index (χ1n) is 8.64. The number of benzene rings is 2. The third kappa shape index (κ3) is 4.89. The van der Waals surface area contributed by atoms with E-state index >= 15 is 0 Å². The smallest absolute Gasteiger partial charge is 0.362 e.